The van der Waals surface area contributed by atoms with Crippen LogP contribution in [0.15, 0.2) is 18.5 Å². The fourth-order valence-electron chi connectivity index (χ4n) is 2.29. The molecule has 0 saturated carbocycles. The molecular weight excluding hydrogens is 228 g/mol. The van der Waals surface area contributed by atoms with Gasteiger partial charge >= 0.3 is 0 Å². The van der Waals surface area contributed by atoms with Crippen LogP contribution in [-0.2, 0) is 4.79 Å². The molecule has 0 aliphatic carbocycles. The normalized spacial score (nSPS) is 19.2. The summed E-state index contributed by atoms with van der Waals surface area (Å²) < 4.78 is 1.96. The Morgan fingerprint density at radius 1 is 1.50 bits per heavy atom. The van der Waals surface area contributed by atoms with Gasteiger partial charge in [-0.15, -0.1) is 0 Å². The second kappa shape index (κ2) is 6.00. The van der Waals surface area contributed by atoms with Crippen LogP contribution in [0.5, 0.6) is 0 Å². The lowest BCUT2D eigenvalue weighted by Crippen LogP contribution is -2.39. The molecule has 0 radical (unpaired) electrons. The third-order valence-corrected chi connectivity index (χ3v) is 3.69. The van der Waals surface area contributed by atoms with Gasteiger partial charge in [-0.1, -0.05) is 0 Å². The first-order chi connectivity index (χ1) is 8.68. The highest BCUT2D eigenvalue weighted by Crippen LogP contribution is 2.10. The number of rotatable bonds is 6. The average molecular weight is 250 g/mol. The number of likely N-dealkylation sites (tertiary alicyclic amines) is 1. The molecule has 100 valence electrons. The summed E-state index contributed by atoms with van der Waals surface area (Å²) >= 11 is 0. The summed E-state index contributed by atoms with van der Waals surface area (Å²) in [6.07, 6.45) is 5.51. The molecule has 2 rings (SSSR count). The molecule has 18 heavy (non-hydrogen) atoms. The van der Waals surface area contributed by atoms with Crippen LogP contribution < -0.4 is 5.32 Å². The number of hydrogen-bond donors (Lipinski definition) is 1. The van der Waals surface area contributed by atoms with E-state index in [2.05, 4.69) is 24.3 Å². The molecule has 5 heteroatoms. The molecule has 2 heterocycles. The van der Waals surface area contributed by atoms with Crippen molar-refractivity contribution in [3.05, 3.63) is 18.5 Å². The van der Waals surface area contributed by atoms with Crippen molar-refractivity contribution in [2.45, 2.75) is 38.8 Å². The minimum Gasteiger partial charge on any atom is -0.341 e. The summed E-state index contributed by atoms with van der Waals surface area (Å²) in [7, 11) is 0. The Labute approximate surface area is 108 Å². The van der Waals surface area contributed by atoms with Crippen LogP contribution in [0.3, 0.4) is 0 Å². The second-order valence-electron chi connectivity index (χ2n) is 4.95. The third-order valence-electron chi connectivity index (χ3n) is 3.69. The van der Waals surface area contributed by atoms with E-state index in [4.69, 9.17) is 0 Å². The van der Waals surface area contributed by atoms with Gasteiger partial charge < -0.3 is 10.2 Å². The third kappa shape index (κ3) is 3.10. The van der Waals surface area contributed by atoms with Crippen molar-refractivity contribution in [2.75, 3.05) is 19.6 Å². The maximum absolute atomic E-state index is 11.5. The smallest absolute Gasteiger partial charge is 0.222 e. The Hall–Kier alpha value is -1.36. The highest BCUT2D eigenvalue weighted by atomic mass is 16.2. The number of aromatic nitrogens is 2. The van der Waals surface area contributed by atoms with Gasteiger partial charge in [-0.2, -0.15) is 5.10 Å². The minimum atomic E-state index is 0.296. The monoisotopic (exact) mass is 250 g/mol. The van der Waals surface area contributed by atoms with Crippen molar-refractivity contribution in [1.82, 2.24) is 20.0 Å². The summed E-state index contributed by atoms with van der Waals surface area (Å²) in [4.78, 5) is 13.4. The van der Waals surface area contributed by atoms with Crippen LogP contribution >= 0.6 is 0 Å². The molecule has 0 unspecified atom stereocenters. The van der Waals surface area contributed by atoms with Crippen LogP contribution in [0.25, 0.3) is 0 Å². The molecule has 1 N–H and O–H groups in total. The van der Waals surface area contributed by atoms with E-state index < -0.39 is 0 Å². The van der Waals surface area contributed by atoms with E-state index in [0.29, 0.717) is 18.0 Å². The fraction of sp³-hybridized carbons (Fsp3) is 0.692. The largest absolute Gasteiger partial charge is 0.341 e. The summed E-state index contributed by atoms with van der Waals surface area (Å²) in [5, 5.41) is 7.71. The van der Waals surface area contributed by atoms with Crippen LogP contribution in [0, 0.1) is 0 Å². The van der Waals surface area contributed by atoms with Crippen molar-refractivity contribution in [3.63, 3.8) is 0 Å². The first-order valence-electron chi connectivity index (χ1n) is 6.69. The zero-order chi connectivity index (χ0) is 13.0. The summed E-state index contributed by atoms with van der Waals surface area (Å²) in [5.41, 5.74) is 0. The lowest BCUT2D eigenvalue weighted by molar-refractivity contribution is -0.127. The summed E-state index contributed by atoms with van der Waals surface area (Å²) in [6, 6.07) is 2.59. The number of nitrogens with zero attached hydrogens (tertiary/aromatic N) is 3. The zero-order valence-corrected chi connectivity index (χ0v) is 11.2. The second-order valence-corrected chi connectivity index (χ2v) is 4.95. The Kier molecular flexibility index (Phi) is 4.36. The Balaban J connectivity index is 1.71. The van der Waals surface area contributed by atoms with Crippen molar-refractivity contribution in [1.29, 1.82) is 0 Å². The molecule has 0 spiro atoms. The predicted molar refractivity (Wildman–Crippen MR) is 70.2 cm³/mol. The summed E-state index contributed by atoms with van der Waals surface area (Å²) in [6.45, 7) is 6.88. The van der Waals surface area contributed by atoms with E-state index in [0.717, 1.165) is 32.5 Å². The van der Waals surface area contributed by atoms with E-state index >= 15 is 0 Å². The van der Waals surface area contributed by atoms with Gasteiger partial charge in [0, 0.05) is 44.5 Å². The molecule has 5 nitrogen and oxygen atoms in total. The Morgan fingerprint density at radius 3 is 2.94 bits per heavy atom. The highest BCUT2D eigenvalue weighted by Gasteiger charge is 2.20. The molecule has 1 amide bonds. The maximum atomic E-state index is 11.5. The molecular formula is C13H22N4O. The van der Waals surface area contributed by atoms with Gasteiger partial charge in [0.15, 0.2) is 0 Å². The Bertz CT molecular complexity index is 376. The number of amides is 1. The quantitative estimate of drug-likeness (QED) is 0.821. The molecule has 1 aromatic rings. The number of carbonyl (C=O) groups is 1. The maximum Gasteiger partial charge on any atom is 0.222 e. The van der Waals surface area contributed by atoms with Crippen molar-refractivity contribution in [3.8, 4) is 0 Å². The van der Waals surface area contributed by atoms with Gasteiger partial charge in [0.05, 0.1) is 6.04 Å². The molecule has 0 aromatic carbocycles. The van der Waals surface area contributed by atoms with Crippen molar-refractivity contribution >= 4 is 5.91 Å². The lowest BCUT2D eigenvalue weighted by Gasteiger charge is -2.23. The molecule has 1 saturated heterocycles. The number of carbonyl (C=O) groups excluding carboxylic acids is 1. The van der Waals surface area contributed by atoms with E-state index in [1.54, 1.807) is 6.20 Å². The van der Waals surface area contributed by atoms with Crippen LogP contribution in [0.2, 0.25) is 0 Å². The van der Waals surface area contributed by atoms with Gasteiger partial charge in [-0.25, -0.2) is 0 Å². The highest BCUT2D eigenvalue weighted by molar-refractivity contribution is 5.78. The number of hydrogen-bond acceptors (Lipinski definition) is 3. The zero-order valence-electron chi connectivity index (χ0n) is 11.2. The van der Waals surface area contributed by atoms with Crippen molar-refractivity contribution in [2.24, 2.45) is 0 Å². The minimum absolute atomic E-state index is 0.296. The molecule has 1 fully saturated rings. The predicted octanol–water partition coefficient (Wildman–Crippen LogP) is 1.04. The van der Waals surface area contributed by atoms with Gasteiger partial charge in [0.1, 0.15) is 0 Å². The van der Waals surface area contributed by atoms with Crippen molar-refractivity contribution < 1.29 is 4.79 Å². The average Bonchev–Trinajstić information content (AvgIpc) is 3.00. The number of nitrogens with one attached hydrogen (secondary N) is 1. The van der Waals surface area contributed by atoms with Crippen LogP contribution in [0.4, 0.5) is 0 Å². The molecule has 0 bridgehead atoms. The first-order valence-corrected chi connectivity index (χ1v) is 6.69. The van der Waals surface area contributed by atoms with E-state index in [1.165, 1.54) is 0 Å². The lowest BCUT2D eigenvalue weighted by atomic mass is 10.2. The van der Waals surface area contributed by atoms with E-state index in [1.807, 2.05) is 21.8 Å². The SMILES string of the molecule is C[C@H](NCCN1CCCC1=O)[C@H](C)n1cccn1. The fourth-order valence-corrected chi connectivity index (χ4v) is 2.29. The summed E-state index contributed by atoms with van der Waals surface area (Å²) in [5.74, 6) is 0.296. The molecule has 1 aliphatic rings. The molecule has 2 atom stereocenters. The molecule has 1 aliphatic heterocycles. The van der Waals surface area contributed by atoms with Gasteiger partial charge in [-0.05, 0) is 26.3 Å². The van der Waals surface area contributed by atoms with Crippen LogP contribution in [0.1, 0.15) is 32.7 Å². The molecule has 1 aromatic heterocycles. The van der Waals surface area contributed by atoms with E-state index in [9.17, 15) is 4.79 Å². The Morgan fingerprint density at radius 2 is 2.33 bits per heavy atom. The van der Waals surface area contributed by atoms with Crippen LogP contribution in [-0.4, -0.2) is 46.3 Å². The first kappa shape index (κ1) is 13.1. The van der Waals surface area contributed by atoms with Gasteiger partial charge in [0.25, 0.3) is 0 Å². The van der Waals surface area contributed by atoms with E-state index in [-0.39, 0.29) is 0 Å². The van der Waals surface area contributed by atoms with Gasteiger partial charge in [-0.3, -0.25) is 9.48 Å². The topological polar surface area (TPSA) is 50.2 Å². The standard InChI is InChI=1S/C13H22N4O/c1-11(12(2)17-9-4-6-15-17)14-7-10-16-8-3-5-13(16)18/h4,6,9,11-12,14H,3,5,7-8,10H2,1-2H3/t11-,12-/m0/s1. The van der Waals surface area contributed by atoms with Gasteiger partial charge in [0.2, 0.25) is 5.91 Å².